The van der Waals surface area contributed by atoms with Crippen molar-refractivity contribution in [2.24, 2.45) is 11.5 Å². The van der Waals surface area contributed by atoms with Gasteiger partial charge in [-0.25, -0.2) is 4.79 Å². The zero-order chi connectivity index (χ0) is 65.6. The Morgan fingerprint density at radius 3 is 0.828 bits per heavy atom. The second kappa shape index (κ2) is 31.4. The molecule has 0 unspecified atom stereocenters. The van der Waals surface area contributed by atoms with Gasteiger partial charge in [-0.2, -0.15) is 0 Å². The normalized spacial score (nSPS) is 12.7. The fourth-order valence-corrected chi connectivity index (χ4v) is 11.9. The third-order valence-electron chi connectivity index (χ3n) is 16.5. The lowest BCUT2D eigenvalue weighted by Crippen LogP contribution is -2.59. The van der Waals surface area contributed by atoms with Crippen LogP contribution in [0.1, 0.15) is 95.0 Å². The lowest BCUT2D eigenvalue weighted by atomic mass is 9.77. The van der Waals surface area contributed by atoms with Crippen molar-refractivity contribution in [1.29, 1.82) is 0 Å². The first-order chi connectivity index (χ1) is 45.1. The van der Waals surface area contributed by atoms with Gasteiger partial charge in [-0.3, -0.25) is 33.6 Å². The molecule has 0 aliphatic heterocycles. The van der Waals surface area contributed by atoms with E-state index in [2.05, 4.69) is 31.9 Å². The molecule has 0 aliphatic carbocycles. The zero-order valence-electron chi connectivity index (χ0n) is 51.1. The van der Waals surface area contributed by atoms with Crippen molar-refractivity contribution in [3.8, 4) is 0 Å². The molecule has 0 aliphatic rings. The van der Waals surface area contributed by atoms with Gasteiger partial charge in [0.25, 0.3) is 0 Å². The summed E-state index contributed by atoms with van der Waals surface area (Å²) in [7, 11) is 0. The minimum absolute atomic E-state index is 0.246. The molecule has 93 heavy (non-hydrogen) atoms. The highest BCUT2D eigenvalue weighted by atomic mass is 16.4. The number of amides is 7. The molecule has 0 heterocycles. The summed E-state index contributed by atoms with van der Waals surface area (Å²) < 4.78 is 0. The summed E-state index contributed by atoms with van der Waals surface area (Å²) in [5, 5.41) is 27.8. The summed E-state index contributed by atoms with van der Waals surface area (Å²) in [5.41, 5.74) is 14.5. The predicted octanol–water partition coefficient (Wildman–Crippen LogP) is 8.39. The Bertz CT molecular complexity index is 3660. The van der Waals surface area contributed by atoms with Crippen molar-refractivity contribution in [2.45, 2.75) is 85.7 Å². The molecule has 7 amide bonds. The Kier molecular flexibility index (Phi) is 22.4. The standard InChI is InChI=1S/C76H74N8O9/c77-62(46-50-67(86)82-74(53-28-10-1-11-29-53,54-30-12-2-13-31-54)55-32-14-3-15-33-55)70(89)81-65(52-69(88)84-76(59-40-22-7-23-41-59,60-42-24-8-25-43-60)61-44-26-9-27-45-61)72(91)79-63(71(90)80-64(73(92)93)47-49-66(78)85)48-51-68(87)83-75(56-34-16-4-17-35-56,57-36-18-5-19-37-57)58-38-20-6-21-39-58/h1-45,62-65H,46-52,77H2,(H2,78,85)(H,79,91)(H,80,90)(H,81,89)(H,82,86)(H,83,87)(H,84,88)(H,92,93)/t62-,63-,64-,65-/m0/s1. The van der Waals surface area contributed by atoms with E-state index in [-0.39, 0.29) is 12.8 Å². The molecule has 17 nitrogen and oxygen atoms in total. The van der Waals surface area contributed by atoms with Gasteiger partial charge in [0, 0.05) is 19.3 Å². The number of aliphatic carboxylic acids is 1. The largest absolute Gasteiger partial charge is 0.480 e. The van der Waals surface area contributed by atoms with Crippen LogP contribution in [0, 0.1) is 0 Å². The van der Waals surface area contributed by atoms with Crippen LogP contribution >= 0.6 is 0 Å². The lowest BCUT2D eigenvalue weighted by molar-refractivity contribution is -0.143. The molecular weight excluding hydrogens is 1170 g/mol. The summed E-state index contributed by atoms with van der Waals surface area (Å²) in [5.74, 6) is -7.26. The maximum atomic E-state index is 15.3. The number of carbonyl (C=O) groups excluding carboxylic acids is 7. The number of benzene rings is 9. The van der Waals surface area contributed by atoms with E-state index in [1.165, 1.54) is 0 Å². The number of carboxylic acid groups (broad SMARTS) is 1. The molecule has 17 heteroatoms. The van der Waals surface area contributed by atoms with Crippen molar-refractivity contribution >= 4 is 47.3 Å². The zero-order valence-corrected chi connectivity index (χ0v) is 51.1. The Hall–Kier alpha value is -11.3. The van der Waals surface area contributed by atoms with Crippen LogP contribution in [0.4, 0.5) is 0 Å². The molecule has 0 aromatic heterocycles. The Morgan fingerprint density at radius 1 is 0.312 bits per heavy atom. The van der Waals surface area contributed by atoms with Crippen molar-refractivity contribution in [1.82, 2.24) is 31.9 Å². The number of carboxylic acids is 1. The van der Waals surface area contributed by atoms with Gasteiger partial charge in [0.05, 0.1) is 12.5 Å². The van der Waals surface area contributed by atoms with Crippen molar-refractivity contribution in [3.05, 3.63) is 323 Å². The van der Waals surface area contributed by atoms with Gasteiger partial charge in [-0.05, 0) is 69.3 Å². The SMILES string of the molecule is NC(=O)CC[C@H](NC(=O)[C@H](CCC(=O)NC(c1ccccc1)(c1ccccc1)c1ccccc1)NC(=O)[C@H](CC(=O)NC(c1ccccc1)(c1ccccc1)c1ccccc1)NC(=O)[C@@H](N)CCC(=O)NC(c1ccccc1)(c1ccccc1)c1ccccc1)C(=O)O. The van der Waals surface area contributed by atoms with Crippen LogP contribution in [0.5, 0.6) is 0 Å². The van der Waals surface area contributed by atoms with Gasteiger partial charge in [0.15, 0.2) is 0 Å². The lowest BCUT2D eigenvalue weighted by Gasteiger charge is -2.37. The topological polar surface area (TPSA) is 281 Å². The monoisotopic (exact) mass is 1240 g/mol. The van der Waals surface area contributed by atoms with E-state index in [0.29, 0.717) is 33.4 Å². The van der Waals surface area contributed by atoms with E-state index in [1.807, 2.05) is 273 Å². The molecule has 9 aromatic carbocycles. The minimum atomic E-state index is -1.82. The summed E-state index contributed by atoms with van der Waals surface area (Å²) in [6.45, 7) is 0. The number of hydrogen-bond donors (Lipinski definition) is 9. The molecule has 0 spiro atoms. The summed E-state index contributed by atoms with van der Waals surface area (Å²) in [6.07, 6.45) is -3.06. The van der Waals surface area contributed by atoms with Gasteiger partial charge in [0.1, 0.15) is 34.7 Å². The molecular formula is C76H74N8O9. The van der Waals surface area contributed by atoms with Gasteiger partial charge in [0.2, 0.25) is 41.4 Å². The molecule has 0 radical (unpaired) electrons. The molecule has 11 N–H and O–H groups in total. The van der Waals surface area contributed by atoms with E-state index in [1.54, 1.807) is 0 Å². The van der Waals surface area contributed by atoms with Gasteiger partial charge in [-0.15, -0.1) is 0 Å². The van der Waals surface area contributed by atoms with Gasteiger partial charge < -0.3 is 48.5 Å². The molecule has 0 saturated heterocycles. The van der Waals surface area contributed by atoms with E-state index >= 15 is 9.59 Å². The number of primary amides is 1. The van der Waals surface area contributed by atoms with Crippen LogP contribution in [0.3, 0.4) is 0 Å². The first kappa shape index (κ1) is 66.1. The highest BCUT2D eigenvalue weighted by molar-refractivity contribution is 5.97. The van der Waals surface area contributed by atoms with Crippen LogP contribution < -0.4 is 43.4 Å². The first-order valence-electron chi connectivity index (χ1n) is 30.7. The predicted molar refractivity (Wildman–Crippen MR) is 355 cm³/mol. The quantitative estimate of drug-likeness (QED) is 0.0194. The highest BCUT2D eigenvalue weighted by Gasteiger charge is 2.42. The minimum Gasteiger partial charge on any atom is -0.480 e. The first-order valence-corrected chi connectivity index (χ1v) is 30.7. The van der Waals surface area contributed by atoms with E-state index in [0.717, 1.165) is 16.7 Å². The van der Waals surface area contributed by atoms with Crippen LogP contribution in [-0.4, -0.2) is 76.6 Å². The van der Waals surface area contributed by atoms with Crippen LogP contribution in [0.15, 0.2) is 273 Å². The molecule has 9 aromatic rings. The third kappa shape index (κ3) is 16.0. The maximum Gasteiger partial charge on any atom is 0.326 e. The Morgan fingerprint density at radius 2 is 0.548 bits per heavy atom. The van der Waals surface area contributed by atoms with E-state index in [4.69, 9.17) is 11.5 Å². The van der Waals surface area contributed by atoms with Crippen molar-refractivity contribution < 1.29 is 43.5 Å². The summed E-state index contributed by atoms with van der Waals surface area (Å²) in [4.78, 5) is 114. The average Bonchev–Trinajstić information content (AvgIpc) is 0.783. The second-order valence-corrected chi connectivity index (χ2v) is 22.6. The molecule has 0 saturated carbocycles. The third-order valence-corrected chi connectivity index (χ3v) is 16.5. The van der Waals surface area contributed by atoms with Crippen LogP contribution in [0.2, 0.25) is 0 Å². The summed E-state index contributed by atoms with van der Waals surface area (Å²) in [6, 6.07) is 77.0. The Labute approximate surface area is 540 Å². The van der Waals surface area contributed by atoms with Crippen LogP contribution in [0.25, 0.3) is 0 Å². The van der Waals surface area contributed by atoms with Crippen LogP contribution in [-0.2, 0) is 55.0 Å². The fraction of sp³-hybridized carbons (Fsp3) is 0.184. The fourth-order valence-electron chi connectivity index (χ4n) is 11.9. The second-order valence-electron chi connectivity index (χ2n) is 22.6. The molecule has 0 fully saturated rings. The van der Waals surface area contributed by atoms with Crippen molar-refractivity contribution in [3.63, 3.8) is 0 Å². The number of nitrogens with one attached hydrogen (secondary N) is 6. The van der Waals surface area contributed by atoms with E-state index < -0.39 is 120 Å². The van der Waals surface area contributed by atoms with Gasteiger partial charge in [-0.1, -0.05) is 273 Å². The number of nitrogens with two attached hydrogens (primary N) is 2. The number of carbonyl (C=O) groups is 8. The molecule has 4 atom stereocenters. The molecule has 472 valence electrons. The summed E-state index contributed by atoms with van der Waals surface area (Å²) >= 11 is 0. The number of rotatable bonds is 30. The van der Waals surface area contributed by atoms with E-state index in [9.17, 15) is 33.9 Å². The molecule has 9 rings (SSSR count). The maximum absolute atomic E-state index is 15.3. The average molecular weight is 1240 g/mol. The Balaban J connectivity index is 1.04. The highest BCUT2D eigenvalue weighted by Crippen LogP contribution is 2.40. The van der Waals surface area contributed by atoms with Crippen molar-refractivity contribution in [2.75, 3.05) is 0 Å². The number of hydrogen-bond acceptors (Lipinski definition) is 9. The molecule has 0 bridgehead atoms. The smallest absolute Gasteiger partial charge is 0.326 e. The van der Waals surface area contributed by atoms with Gasteiger partial charge >= 0.3 is 5.97 Å².